The fourth-order valence-corrected chi connectivity index (χ4v) is 2.13. The molecule has 1 aliphatic heterocycles. The maximum Gasteiger partial charge on any atom is 0.239 e. The predicted molar refractivity (Wildman–Crippen MR) is 59.0 cm³/mol. The van der Waals surface area contributed by atoms with Crippen molar-refractivity contribution in [2.45, 2.75) is 19.3 Å². The van der Waals surface area contributed by atoms with Crippen LogP contribution in [-0.2, 0) is 10.2 Å². The zero-order valence-electron chi connectivity index (χ0n) is 9.24. The van der Waals surface area contributed by atoms with Crippen molar-refractivity contribution in [2.24, 2.45) is 0 Å². The Morgan fingerprint density at radius 2 is 2.13 bits per heavy atom. The summed E-state index contributed by atoms with van der Waals surface area (Å²) in [4.78, 5) is 13.6. The molecule has 0 aliphatic carbocycles. The molecule has 1 N–H and O–H groups in total. The zero-order chi connectivity index (χ0) is 11.2. The second-order valence-electron chi connectivity index (χ2n) is 4.37. The van der Waals surface area contributed by atoms with E-state index >= 15 is 0 Å². The molecule has 0 radical (unpaired) electrons. The molecule has 1 atom stereocenters. The highest BCUT2D eigenvalue weighted by Gasteiger charge is 2.45. The van der Waals surface area contributed by atoms with Crippen LogP contribution >= 0.6 is 0 Å². The summed E-state index contributed by atoms with van der Waals surface area (Å²) in [6, 6.07) is 5.89. The number of carbonyl (C=O) groups is 1. The Morgan fingerprint density at radius 1 is 1.47 bits per heavy atom. The normalized spacial score (nSPS) is 24.5. The number of amides is 1. The van der Waals surface area contributed by atoms with E-state index in [0.29, 0.717) is 0 Å². The number of benzene rings is 1. The van der Waals surface area contributed by atoms with Gasteiger partial charge in [-0.05, 0) is 25.5 Å². The number of aliphatic hydroxyl groups excluding tert-OH is 1. The van der Waals surface area contributed by atoms with Crippen molar-refractivity contribution >= 4 is 11.6 Å². The van der Waals surface area contributed by atoms with E-state index in [1.165, 1.54) is 0 Å². The van der Waals surface area contributed by atoms with Crippen LogP contribution in [0.15, 0.2) is 18.2 Å². The molecular formula is C12H15NO2. The summed E-state index contributed by atoms with van der Waals surface area (Å²) in [6.07, 6.45) is 0. The van der Waals surface area contributed by atoms with E-state index in [0.717, 1.165) is 16.8 Å². The fourth-order valence-electron chi connectivity index (χ4n) is 2.13. The number of carbonyl (C=O) groups excluding carboxylic acids is 1. The molecule has 0 spiro atoms. The predicted octanol–water partition coefficient (Wildman–Crippen LogP) is 1.22. The smallest absolute Gasteiger partial charge is 0.239 e. The Kier molecular flexibility index (Phi) is 2.08. The second-order valence-corrected chi connectivity index (χ2v) is 4.37. The number of anilines is 1. The standard InChI is InChI=1S/C12H15NO2/c1-8-4-5-10-9(6-8)12(2,7-14)11(15)13(10)3/h4-6,14H,7H2,1-3H3. The van der Waals surface area contributed by atoms with Crippen molar-refractivity contribution in [1.29, 1.82) is 0 Å². The Morgan fingerprint density at radius 3 is 2.73 bits per heavy atom. The van der Waals surface area contributed by atoms with Gasteiger partial charge in [0.05, 0.1) is 12.0 Å². The molecule has 1 heterocycles. The van der Waals surface area contributed by atoms with E-state index in [9.17, 15) is 9.90 Å². The average molecular weight is 205 g/mol. The third-order valence-electron chi connectivity index (χ3n) is 3.20. The first-order valence-electron chi connectivity index (χ1n) is 5.01. The van der Waals surface area contributed by atoms with Gasteiger partial charge in [-0.2, -0.15) is 0 Å². The number of fused-ring (bicyclic) bond motifs is 1. The van der Waals surface area contributed by atoms with Crippen LogP contribution < -0.4 is 4.90 Å². The molecule has 1 amide bonds. The maximum atomic E-state index is 12.0. The maximum absolute atomic E-state index is 12.0. The van der Waals surface area contributed by atoms with Crippen LogP contribution in [0.3, 0.4) is 0 Å². The van der Waals surface area contributed by atoms with Crippen molar-refractivity contribution in [3.05, 3.63) is 29.3 Å². The summed E-state index contributed by atoms with van der Waals surface area (Å²) in [6.45, 7) is 3.63. The zero-order valence-corrected chi connectivity index (χ0v) is 9.24. The molecule has 1 aromatic carbocycles. The van der Waals surface area contributed by atoms with Gasteiger partial charge in [-0.1, -0.05) is 17.7 Å². The SMILES string of the molecule is Cc1ccc2c(c1)C(C)(CO)C(=O)N2C. The minimum atomic E-state index is -0.768. The van der Waals surface area contributed by atoms with Crippen LogP contribution in [0.5, 0.6) is 0 Å². The minimum Gasteiger partial charge on any atom is -0.395 e. The Balaban J connectivity index is 2.67. The molecule has 0 saturated heterocycles. The van der Waals surface area contributed by atoms with E-state index in [1.807, 2.05) is 25.1 Å². The lowest BCUT2D eigenvalue weighted by Gasteiger charge is -2.19. The highest BCUT2D eigenvalue weighted by molar-refractivity contribution is 6.07. The molecule has 1 aliphatic rings. The van der Waals surface area contributed by atoms with Gasteiger partial charge in [0.25, 0.3) is 0 Å². The second kappa shape index (κ2) is 3.07. The van der Waals surface area contributed by atoms with Gasteiger partial charge in [-0.3, -0.25) is 4.79 Å². The lowest BCUT2D eigenvalue weighted by atomic mass is 9.84. The summed E-state index contributed by atoms with van der Waals surface area (Å²) in [5.74, 6) is -0.0365. The fraction of sp³-hybridized carbons (Fsp3) is 0.417. The van der Waals surface area contributed by atoms with Crippen LogP contribution in [-0.4, -0.2) is 24.7 Å². The Labute approximate surface area is 89.3 Å². The van der Waals surface area contributed by atoms with Gasteiger partial charge in [0.2, 0.25) is 5.91 Å². The van der Waals surface area contributed by atoms with Gasteiger partial charge < -0.3 is 10.0 Å². The lowest BCUT2D eigenvalue weighted by molar-refractivity contribution is -0.123. The topological polar surface area (TPSA) is 40.5 Å². The van der Waals surface area contributed by atoms with Gasteiger partial charge in [0, 0.05) is 12.7 Å². The largest absolute Gasteiger partial charge is 0.395 e. The Hall–Kier alpha value is -1.35. The quantitative estimate of drug-likeness (QED) is 0.749. The summed E-state index contributed by atoms with van der Waals surface area (Å²) >= 11 is 0. The third kappa shape index (κ3) is 1.20. The van der Waals surface area contributed by atoms with E-state index in [1.54, 1.807) is 18.9 Å². The number of nitrogens with zero attached hydrogens (tertiary/aromatic N) is 1. The lowest BCUT2D eigenvalue weighted by Crippen LogP contribution is -2.38. The molecule has 0 aromatic heterocycles. The van der Waals surface area contributed by atoms with Crippen molar-refractivity contribution < 1.29 is 9.90 Å². The highest BCUT2D eigenvalue weighted by Crippen LogP contribution is 2.40. The van der Waals surface area contributed by atoms with E-state index in [-0.39, 0.29) is 12.5 Å². The number of likely N-dealkylation sites (N-methyl/N-ethyl adjacent to an activating group) is 1. The summed E-state index contributed by atoms with van der Waals surface area (Å²) in [7, 11) is 1.75. The number of aryl methyl sites for hydroxylation is 1. The molecule has 15 heavy (non-hydrogen) atoms. The molecule has 80 valence electrons. The first-order chi connectivity index (χ1) is 7.00. The molecular weight excluding hydrogens is 190 g/mol. The molecule has 0 fully saturated rings. The van der Waals surface area contributed by atoms with Crippen LogP contribution in [0.4, 0.5) is 5.69 Å². The summed E-state index contributed by atoms with van der Waals surface area (Å²) in [5, 5.41) is 9.40. The van der Waals surface area contributed by atoms with Crippen LogP contribution in [0, 0.1) is 6.92 Å². The summed E-state index contributed by atoms with van der Waals surface area (Å²) < 4.78 is 0. The Bertz CT molecular complexity index is 428. The number of hydrogen-bond acceptors (Lipinski definition) is 2. The van der Waals surface area contributed by atoms with Crippen molar-refractivity contribution in [3.63, 3.8) is 0 Å². The van der Waals surface area contributed by atoms with Gasteiger partial charge in [-0.15, -0.1) is 0 Å². The van der Waals surface area contributed by atoms with Crippen molar-refractivity contribution in [3.8, 4) is 0 Å². The van der Waals surface area contributed by atoms with Crippen LogP contribution in [0.2, 0.25) is 0 Å². The van der Waals surface area contributed by atoms with E-state index in [2.05, 4.69) is 0 Å². The van der Waals surface area contributed by atoms with Gasteiger partial charge in [0.15, 0.2) is 0 Å². The molecule has 1 unspecified atom stereocenters. The first-order valence-corrected chi connectivity index (χ1v) is 5.01. The molecule has 3 heteroatoms. The van der Waals surface area contributed by atoms with Gasteiger partial charge >= 0.3 is 0 Å². The van der Waals surface area contributed by atoms with Crippen LogP contribution in [0.25, 0.3) is 0 Å². The highest BCUT2D eigenvalue weighted by atomic mass is 16.3. The van der Waals surface area contributed by atoms with E-state index in [4.69, 9.17) is 0 Å². The third-order valence-corrected chi connectivity index (χ3v) is 3.20. The van der Waals surface area contributed by atoms with Gasteiger partial charge in [0.1, 0.15) is 0 Å². The van der Waals surface area contributed by atoms with Gasteiger partial charge in [-0.25, -0.2) is 0 Å². The molecule has 0 saturated carbocycles. The molecule has 0 bridgehead atoms. The van der Waals surface area contributed by atoms with Crippen molar-refractivity contribution in [1.82, 2.24) is 0 Å². The number of aliphatic hydroxyl groups is 1. The van der Waals surface area contributed by atoms with E-state index < -0.39 is 5.41 Å². The number of rotatable bonds is 1. The average Bonchev–Trinajstić information content (AvgIpc) is 2.42. The van der Waals surface area contributed by atoms with Crippen LogP contribution in [0.1, 0.15) is 18.1 Å². The molecule has 3 nitrogen and oxygen atoms in total. The minimum absolute atomic E-state index is 0.0365. The van der Waals surface area contributed by atoms with Crippen molar-refractivity contribution in [2.75, 3.05) is 18.6 Å². The first kappa shape index (κ1) is 10.2. The molecule has 2 rings (SSSR count). The summed E-state index contributed by atoms with van der Waals surface area (Å²) in [5.41, 5.74) is 2.17. The molecule has 1 aromatic rings. The monoisotopic (exact) mass is 205 g/mol. The number of hydrogen-bond donors (Lipinski definition) is 1.